The molecule has 2 rings (SSSR count). The summed E-state index contributed by atoms with van der Waals surface area (Å²) in [5, 5.41) is 0.721. The van der Waals surface area contributed by atoms with Crippen LogP contribution in [0.25, 0.3) is 0 Å². The van der Waals surface area contributed by atoms with Crippen LogP contribution in [0.2, 0.25) is 10.0 Å². The molecule has 0 bridgehead atoms. The Kier molecular flexibility index (Phi) is 3.42. The number of hydrogen-bond donors (Lipinski definition) is 0. The highest BCUT2D eigenvalue weighted by Gasteiger charge is 2.02. The van der Waals surface area contributed by atoms with E-state index in [9.17, 15) is 4.39 Å². The average molecular weight is 256 g/mol. The van der Waals surface area contributed by atoms with Crippen LogP contribution in [0.4, 0.5) is 4.39 Å². The zero-order chi connectivity index (χ0) is 11.5. The fraction of sp³-hybridized carbons (Fsp3) is 0.0833. The second-order valence-corrected chi connectivity index (χ2v) is 4.24. The molecule has 1 heterocycles. The van der Waals surface area contributed by atoms with Crippen LogP contribution in [0, 0.1) is 5.82 Å². The molecular formula is C12H8Cl2FN. The second kappa shape index (κ2) is 4.81. The highest BCUT2D eigenvalue weighted by Crippen LogP contribution is 2.17. The molecule has 0 spiro atoms. The lowest BCUT2D eigenvalue weighted by Gasteiger charge is -2.02. The summed E-state index contributed by atoms with van der Waals surface area (Å²) in [6.07, 6.45) is 2.13. The Morgan fingerprint density at radius 1 is 1.12 bits per heavy atom. The minimum Gasteiger partial charge on any atom is -0.259 e. The van der Waals surface area contributed by atoms with Gasteiger partial charge in [-0.25, -0.2) is 4.39 Å². The molecule has 0 unspecified atom stereocenters. The van der Waals surface area contributed by atoms with Crippen molar-refractivity contribution >= 4 is 23.2 Å². The minimum atomic E-state index is -0.409. The molecule has 82 valence electrons. The van der Waals surface area contributed by atoms with Gasteiger partial charge in [-0.3, -0.25) is 4.98 Å². The van der Waals surface area contributed by atoms with Gasteiger partial charge in [0, 0.05) is 18.3 Å². The Hall–Kier alpha value is -1.12. The van der Waals surface area contributed by atoms with E-state index < -0.39 is 5.82 Å². The molecule has 0 aliphatic carbocycles. The first-order valence-corrected chi connectivity index (χ1v) is 5.45. The molecule has 0 aliphatic heterocycles. The van der Waals surface area contributed by atoms with Gasteiger partial charge in [0.2, 0.25) is 0 Å². The number of pyridine rings is 1. The number of benzene rings is 1. The van der Waals surface area contributed by atoms with E-state index in [-0.39, 0.29) is 5.02 Å². The van der Waals surface area contributed by atoms with E-state index in [1.54, 1.807) is 24.4 Å². The molecule has 0 saturated heterocycles. The van der Waals surface area contributed by atoms with E-state index in [0.717, 1.165) is 11.3 Å². The van der Waals surface area contributed by atoms with Crippen molar-refractivity contribution in [3.8, 4) is 0 Å². The molecule has 0 amide bonds. The predicted molar refractivity (Wildman–Crippen MR) is 63.5 cm³/mol. The molecule has 0 N–H and O–H groups in total. The van der Waals surface area contributed by atoms with Crippen molar-refractivity contribution < 1.29 is 4.39 Å². The molecule has 1 nitrogen and oxygen atoms in total. The summed E-state index contributed by atoms with van der Waals surface area (Å²) in [4.78, 5) is 4.14. The number of rotatable bonds is 2. The molecule has 1 aromatic carbocycles. The van der Waals surface area contributed by atoms with Gasteiger partial charge in [0.15, 0.2) is 0 Å². The van der Waals surface area contributed by atoms with Crippen molar-refractivity contribution in [3.63, 3.8) is 0 Å². The van der Waals surface area contributed by atoms with Gasteiger partial charge >= 0.3 is 0 Å². The van der Waals surface area contributed by atoms with E-state index in [2.05, 4.69) is 4.98 Å². The van der Waals surface area contributed by atoms with Crippen molar-refractivity contribution in [1.29, 1.82) is 0 Å². The van der Waals surface area contributed by atoms with Gasteiger partial charge in [-0.1, -0.05) is 29.3 Å². The maximum atomic E-state index is 13.2. The molecule has 2 aromatic rings. The highest BCUT2D eigenvalue weighted by atomic mass is 35.5. The van der Waals surface area contributed by atoms with Crippen molar-refractivity contribution in [2.24, 2.45) is 0 Å². The molecule has 4 heteroatoms. The van der Waals surface area contributed by atoms with E-state index in [1.165, 1.54) is 6.07 Å². The van der Waals surface area contributed by atoms with Gasteiger partial charge in [-0.2, -0.15) is 0 Å². The molecular weight excluding hydrogens is 248 g/mol. The van der Waals surface area contributed by atoms with Crippen LogP contribution >= 0.6 is 23.2 Å². The smallest absolute Gasteiger partial charge is 0.142 e. The Labute approximate surface area is 103 Å². The largest absolute Gasteiger partial charge is 0.259 e. The lowest BCUT2D eigenvalue weighted by Crippen LogP contribution is -1.92. The van der Waals surface area contributed by atoms with E-state index >= 15 is 0 Å². The van der Waals surface area contributed by atoms with Crippen molar-refractivity contribution in [1.82, 2.24) is 4.98 Å². The lowest BCUT2D eigenvalue weighted by atomic mass is 10.1. The predicted octanol–water partition coefficient (Wildman–Crippen LogP) is 4.12. The summed E-state index contributed by atoms with van der Waals surface area (Å²) in [6.45, 7) is 0. The molecule has 1 aromatic heterocycles. The fourth-order valence-electron chi connectivity index (χ4n) is 1.37. The molecule has 0 atom stereocenters. The summed E-state index contributed by atoms with van der Waals surface area (Å²) < 4.78 is 13.2. The quantitative estimate of drug-likeness (QED) is 0.787. The van der Waals surface area contributed by atoms with Gasteiger partial charge in [0.05, 0.1) is 10.0 Å². The first-order valence-electron chi connectivity index (χ1n) is 4.69. The normalized spacial score (nSPS) is 10.4. The first-order chi connectivity index (χ1) is 7.65. The Bertz CT molecular complexity index is 497. The van der Waals surface area contributed by atoms with Gasteiger partial charge in [0.25, 0.3) is 0 Å². The summed E-state index contributed by atoms with van der Waals surface area (Å²) in [7, 11) is 0. The Morgan fingerprint density at radius 2 is 1.94 bits per heavy atom. The van der Waals surface area contributed by atoms with Gasteiger partial charge < -0.3 is 0 Å². The molecule has 0 radical (unpaired) electrons. The van der Waals surface area contributed by atoms with Gasteiger partial charge in [-0.15, -0.1) is 0 Å². The van der Waals surface area contributed by atoms with E-state index in [4.69, 9.17) is 23.2 Å². The first kappa shape index (κ1) is 11.4. The topological polar surface area (TPSA) is 12.9 Å². The SMILES string of the molecule is Fc1cc(Cc2ccc(Cl)cn2)ccc1Cl. The number of nitrogens with zero attached hydrogens (tertiary/aromatic N) is 1. The molecule has 16 heavy (non-hydrogen) atoms. The summed E-state index contributed by atoms with van der Waals surface area (Å²) in [5.74, 6) is -0.409. The van der Waals surface area contributed by atoms with Crippen molar-refractivity contribution in [3.05, 3.63) is 63.6 Å². The van der Waals surface area contributed by atoms with Gasteiger partial charge in [-0.05, 0) is 29.8 Å². The third kappa shape index (κ3) is 2.71. The van der Waals surface area contributed by atoms with Crippen LogP contribution in [-0.4, -0.2) is 4.98 Å². The fourth-order valence-corrected chi connectivity index (χ4v) is 1.60. The van der Waals surface area contributed by atoms with Crippen LogP contribution in [0.5, 0.6) is 0 Å². The molecule has 0 saturated carbocycles. The van der Waals surface area contributed by atoms with E-state index in [1.807, 2.05) is 6.07 Å². The number of hydrogen-bond acceptors (Lipinski definition) is 1. The summed E-state index contributed by atoms with van der Waals surface area (Å²) in [5.41, 5.74) is 1.67. The van der Waals surface area contributed by atoms with Crippen LogP contribution in [0.15, 0.2) is 36.5 Å². The zero-order valence-electron chi connectivity index (χ0n) is 8.25. The lowest BCUT2D eigenvalue weighted by molar-refractivity contribution is 0.626. The third-order valence-corrected chi connectivity index (χ3v) is 2.69. The minimum absolute atomic E-state index is 0.132. The monoisotopic (exact) mass is 255 g/mol. The van der Waals surface area contributed by atoms with Crippen molar-refractivity contribution in [2.45, 2.75) is 6.42 Å². The maximum Gasteiger partial charge on any atom is 0.142 e. The molecule has 0 fully saturated rings. The van der Waals surface area contributed by atoms with E-state index in [0.29, 0.717) is 11.4 Å². The highest BCUT2D eigenvalue weighted by molar-refractivity contribution is 6.30. The van der Waals surface area contributed by atoms with Crippen LogP contribution in [-0.2, 0) is 6.42 Å². The maximum absolute atomic E-state index is 13.2. The van der Waals surface area contributed by atoms with Crippen molar-refractivity contribution in [2.75, 3.05) is 0 Å². The summed E-state index contributed by atoms with van der Waals surface area (Å²) >= 11 is 11.3. The van der Waals surface area contributed by atoms with Crippen LogP contribution in [0.1, 0.15) is 11.3 Å². The third-order valence-electron chi connectivity index (χ3n) is 2.16. The van der Waals surface area contributed by atoms with Gasteiger partial charge in [0.1, 0.15) is 5.82 Å². The average Bonchev–Trinajstić information content (AvgIpc) is 2.27. The standard InChI is InChI=1S/C12H8Cl2FN/c13-9-2-3-10(16-7-9)5-8-1-4-11(14)12(15)6-8/h1-4,6-7H,5H2. The zero-order valence-corrected chi connectivity index (χ0v) is 9.76. The molecule has 0 aliphatic rings. The van der Waals surface area contributed by atoms with Crippen LogP contribution < -0.4 is 0 Å². The second-order valence-electron chi connectivity index (χ2n) is 3.39. The number of halogens is 3. The summed E-state index contributed by atoms with van der Waals surface area (Å²) in [6, 6.07) is 8.31. The van der Waals surface area contributed by atoms with Crippen LogP contribution in [0.3, 0.4) is 0 Å². The Morgan fingerprint density at radius 3 is 2.56 bits per heavy atom. The number of aromatic nitrogens is 1. The Balaban J connectivity index is 2.20.